The molecule has 1 fully saturated rings. The molecule has 2 aromatic rings. The number of nitrogens with zero attached hydrogens (tertiary/aromatic N) is 3. The predicted octanol–water partition coefficient (Wildman–Crippen LogP) is 1.73. The van der Waals surface area contributed by atoms with Gasteiger partial charge in [-0.1, -0.05) is 18.2 Å². The Balaban J connectivity index is 2.04. The van der Waals surface area contributed by atoms with Crippen LogP contribution in [-0.2, 0) is 14.3 Å². The normalized spacial score (nSPS) is 18.2. The van der Waals surface area contributed by atoms with E-state index in [0.717, 1.165) is 0 Å². The van der Waals surface area contributed by atoms with Gasteiger partial charge in [-0.05, 0) is 39.8 Å². The van der Waals surface area contributed by atoms with Crippen LogP contribution in [0.2, 0.25) is 0 Å². The number of carbonyl (C=O) groups excluding carboxylic acids is 3. The molecule has 1 aliphatic rings. The molecule has 0 unspecified atom stereocenters. The van der Waals surface area contributed by atoms with Gasteiger partial charge in [0.1, 0.15) is 11.6 Å². The van der Waals surface area contributed by atoms with Crippen molar-refractivity contribution in [3.8, 4) is 0 Å². The first kappa shape index (κ1) is 24.0. The summed E-state index contributed by atoms with van der Waals surface area (Å²) in [4.78, 5) is 65.2. The van der Waals surface area contributed by atoms with E-state index in [1.807, 2.05) is 0 Å². The molecule has 33 heavy (non-hydrogen) atoms. The van der Waals surface area contributed by atoms with Crippen molar-refractivity contribution in [3.05, 3.63) is 68.5 Å². The van der Waals surface area contributed by atoms with E-state index < -0.39 is 46.9 Å². The second-order valence-corrected chi connectivity index (χ2v) is 8.87. The fourth-order valence-corrected chi connectivity index (χ4v) is 3.75. The Morgan fingerprint density at radius 3 is 2.27 bits per heavy atom. The summed E-state index contributed by atoms with van der Waals surface area (Å²) in [7, 11) is 1.21. The summed E-state index contributed by atoms with van der Waals surface area (Å²) in [5.74, 6) is -1.41. The van der Waals surface area contributed by atoms with Gasteiger partial charge in [0.05, 0.1) is 13.2 Å². The molecule has 1 aromatic heterocycles. The number of likely N-dealkylation sites (tertiary alicyclic amines) is 1. The number of hydrogen-bond acceptors (Lipinski definition) is 7. The molecule has 0 aliphatic carbocycles. The molecule has 176 valence electrons. The molecule has 0 spiro atoms. The number of carbonyl (C=O) groups is 3. The van der Waals surface area contributed by atoms with Gasteiger partial charge in [0.2, 0.25) is 0 Å². The average molecular weight is 457 g/mol. The van der Waals surface area contributed by atoms with Crippen LogP contribution in [0.1, 0.15) is 49.2 Å². The molecule has 0 saturated carbocycles. The van der Waals surface area contributed by atoms with Gasteiger partial charge in [0, 0.05) is 30.3 Å². The lowest BCUT2D eigenvalue weighted by atomic mass is 10.1. The summed E-state index contributed by atoms with van der Waals surface area (Å²) in [5.41, 5.74) is -2.01. The van der Waals surface area contributed by atoms with Gasteiger partial charge in [-0.2, -0.15) is 4.57 Å². The second kappa shape index (κ2) is 9.05. The Kier molecular flexibility index (Phi) is 6.57. The summed E-state index contributed by atoms with van der Waals surface area (Å²) < 4.78 is 12.0. The number of amides is 1. The highest BCUT2D eigenvalue weighted by Gasteiger charge is 2.43. The smallest absolute Gasteiger partial charge is 0.411 e. The number of hydrogen-bond donors (Lipinski definition) is 0. The largest absolute Gasteiger partial charge is 0.467 e. The predicted molar refractivity (Wildman–Crippen MR) is 118 cm³/mol. The van der Waals surface area contributed by atoms with Crippen molar-refractivity contribution >= 4 is 18.0 Å². The van der Waals surface area contributed by atoms with Crippen LogP contribution < -0.4 is 11.2 Å². The van der Waals surface area contributed by atoms with Gasteiger partial charge in [-0.3, -0.25) is 19.1 Å². The molecule has 0 bridgehead atoms. The third kappa shape index (κ3) is 4.89. The van der Waals surface area contributed by atoms with Gasteiger partial charge in [-0.25, -0.2) is 14.4 Å². The molecular formula is C23H27N3O7. The zero-order valence-electron chi connectivity index (χ0n) is 19.2. The number of aromatic nitrogens is 2. The van der Waals surface area contributed by atoms with Crippen LogP contribution >= 0.6 is 0 Å². The van der Waals surface area contributed by atoms with E-state index in [0.29, 0.717) is 4.57 Å². The third-order valence-corrected chi connectivity index (χ3v) is 5.28. The summed E-state index contributed by atoms with van der Waals surface area (Å²) in [5, 5.41) is 0. The maximum atomic E-state index is 13.2. The van der Waals surface area contributed by atoms with Gasteiger partial charge in [0.25, 0.3) is 11.5 Å². The molecule has 2 heterocycles. The number of ether oxygens (including phenoxy) is 2. The number of aryl methyl sites for hydroxylation is 1. The van der Waals surface area contributed by atoms with Crippen molar-refractivity contribution in [2.24, 2.45) is 0 Å². The molecule has 2 atom stereocenters. The van der Waals surface area contributed by atoms with Crippen molar-refractivity contribution in [2.75, 3.05) is 13.7 Å². The third-order valence-electron chi connectivity index (χ3n) is 5.28. The summed E-state index contributed by atoms with van der Waals surface area (Å²) in [6.45, 7) is 6.55. The zero-order chi connectivity index (χ0) is 24.5. The van der Waals surface area contributed by atoms with Crippen molar-refractivity contribution in [1.29, 1.82) is 0 Å². The summed E-state index contributed by atoms with van der Waals surface area (Å²) >= 11 is 0. The van der Waals surface area contributed by atoms with Crippen LogP contribution in [0.3, 0.4) is 0 Å². The summed E-state index contributed by atoms with van der Waals surface area (Å²) in [6, 6.07) is 6.33. The minimum atomic E-state index is -0.979. The standard InChI is InChI=1S/C23H27N3O7/c1-14-12-24(21(30)26(18(14)27)19(28)15-9-7-6-8-10-15)16-11-17(20(29)32-5)25(13-16)22(31)33-23(2,3)4/h6-10,12,16-17H,11,13H2,1-5H3/t16-,17+/m0/s1. The zero-order valence-corrected chi connectivity index (χ0v) is 19.2. The molecule has 3 rings (SSSR count). The Morgan fingerprint density at radius 2 is 1.70 bits per heavy atom. The highest BCUT2D eigenvalue weighted by atomic mass is 16.6. The molecular weight excluding hydrogens is 430 g/mol. The van der Waals surface area contributed by atoms with E-state index in [-0.39, 0.29) is 24.1 Å². The first-order valence-electron chi connectivity index (χ1n) is 10.5. The molecule has 0 radical (unpaired) electrons. The van der Waals surface area contributed by atoms with Crippen LogP contribution in [0.5, 0.6) is 0 Å². The van der Waals surface area contributed by atoms with Gasteiger partial charge < -0.3 is 9.47 Å². The van der Waals surface area contributed by atoms with E-state index in [2.05, 4.69) is 0 Å². The topological polar surface area (TPSA) is 117 Å². The van der Waals surface area contributed by atoms with Crippen LogP contribution in [0.15, 0.2) is 46.1 Å². The van der Waals surface area contributed by atoms with Crippen molar-refractivity contribution in [3.63, 3.8) is 0 Å². The molecule has 0 N–H and O–H groups in total. The lowest BCUT2D eigenvalue weighted by Gasteiger charge is -2.27. The van der Waals surface area contributed by atoms with Gasteiger partial charge in [-0.15, -0.1) is 0 Å². The van der Waals surface area contributed by atoms with E-state index >= 15 is 0 Å². The first-order valence-corrected chi connectivity index (χ1v) is 10.5. The van der Waals surface area contributed by atoms with E-state index in [9.17, 15) is 24.0 Å². The van der Waals surface area contributed by atoms with Crippen molar-refractivity contribution in [1.82, 2.24) is 14.0 Å². The lowest BCUT2D eigenvalue weighted by molar-refractivity contribution is -0.145. The monoisotopic (exact) mass is 457 g/mol. The van der Waals surface area contributed by atoms with Crippen LogP contribution in [0.25, 0.3) is 0 Å². The Bertz CT molecular complexity index is 1190. The van der Waals surface area contributed by atoms with Gasteiger partial charge >= 0.3 is 17.8 Å². The number of rotatable bonds is 3. The highest BCUT2D eigenvalue weighted by molar-refractivity contribution is 5.95. The van der Waals surface area contributed by atoms with E-state index in [1.54, 1.807) is 39.0 Å². The number of methoxy groups -OCH3 is 1. The van der Waals surface area contributed by atoms with Crippen LogP contribution in [-0.4, -0.2) is 57.3 Å². The molecule has 1 aromatic carbocycles. The SMILES string of the molecule is COC(=O)[C@H]1C[C@H](n2cc(C)c(=O)n(C(=O)c3ccccc3)c2=O)CN1C(=O)OC(C)(C)C. The second-order valence-electron chi connectivity index (χ2n) is 8.87. The summed E-state index contributed by atoms with van der Waals surface area (Å²) in [6.07, 6.45) is 0.680. The maximum absolute atomic E-state index is 13.2. The van der Waals surface area contributed by atoms with E-state index in [4.69, 9.17) is 9.47 Å². The lowest BCUT2D eigenvalue weighted by Crippen LogP contribution is -2.46. The quantitative estimate of drug-likeness (QED) is 0.644. The number of esters is 1. The number of benzene rings is 1. The fourth-order valence-electron chi connectivity index (χ4n) is 3.75. The minimum Gasteiger partial charge on any atom is -0.467 e. The Labute approximate surface area is 190 Å². The highest BCUT2D eigenvalue weighted by Crippen LogP contribution is 2.29. The van der Waals surface area contributed by atoms with Crippen LogP contribution in [0, 0.1) is 6.92 Å². The Hall–Kier alpha value is -3.69. The average Bonchev–Trinajstić information content (AvgIpc) is 3.20. The van der Waals surface area contributed by atoms with Crippen molar-refractivity contribution in [2.45, 2.75) is 51.8 Å². The maximum Gasteiger partial charge on any atom is 0.411 e. The minimum absolute atomic E-state index is 0.0360. The molecule has 1 saturated heterocycles. The molecule has 10 nitrogen and oxygen atoms in total. The van der Waals surface area contributed by atoms with Crippen LogP contribution in [0.4, 0.5) is 4.79 Å². The van der Waals surface area contributed by atoms with E-state index in [1.165, 1.54) is 41.8 Å². The van der Waals surface area contributed by atoms with Gasteiger partial charge in [0.15, 0.2) is 0 Å². The molecule has 10 heteroatoms. The fraction of sp³-hybridized carbons (Fsp3) is 0.435. The van der Waals surface area contributed by atoms with Crippen molar-refractivity contribution < 1.29 is 23.9 Å². The molecule has 1 amide bonds. The molecule has 1 aliphatic heterocycles. The Morgan fingerprint density at radius 1 is 1.06 bits per heavy atom. The first-order chi connectivity index (χ1) is 15.4.